The Morgan fingerprint density at radius 1 is 1.21 bits per heavy atom. The highest BCUT2D eigenvalue weighted by molar-refractivity contribution is 7.29. The van der Waals surface area contributed by atoms with Gasteiger partial charge < -0.3 is 12.9 Å². The van der Waals surface area contributed by atoms with Crippen LogP contribution in [-0.2, 0) is 0 Å². The fraction of sp³-hybridized carbons (Fsp3) is 0.111. The number of benzene rings is 1. The summed E-state index contributed by atoms with van der Waals surface area (Å²) < 4.78 is 37.6. The third kappa shape index (κ3) is 1.52. The van der Waals surface area contributed by atoms with Gasteiger partial charge in [0.15, 0.2) is 0 Å². The van der Waals surface area contributed by atoms with Crippen molar-refractivity contribution in [2.45, 2.75) is 6.92 Å². The Labute approximate surface area is 83.4 Å². The number of hydrogen-bond donors (Lipinski definition) is 0. The van der Waals surface area contributed by atoms with Gasteiger partial charge in [-0.2, -0.15) is 11.3 Å². The van der Waals surface area contributed by atoms with Gasteiger partial charge >= 0.3 is 6.98 Å². The van der Waals surface area contributed by atoms with Crippen LogP contribution in [0.1, 0.15) is 5.56 Å². The maximum absolute atomic E-state index is 12.4. The van der Waals surface area contributed by atoms with Crippen molar-refractivity contribution in [1.82, 2.24) is 0 Å². The average molecular weight is 215 g/mol. The molecule has 1 aromatic heterocycles. The molecule has 2 rings (SSSR count). The van der Waals surface area contributed by atoms with Crippen LogP contribution in [0.4, 0.5) is 12.9 Å². The van der Waals surface area contributed by atoms with Crippen molar-refractivity contribution in [3.63, 3.8) is 0 Å². The van der Waals surface area contributed by atoms with Crippen LogP contribution in [0, 0.1) is 6.92 Å². The topological polar surface area (TPSA) is 0 Å². The lowest BCUT2D eigenvalue weighted by Crippen LogP contribution is -2.30. The molecule has 0 spiro atoms. The Kier molecular flexibility index (Phi) is 2.07. The molecule has 0 saturated heterocycles. The average Bonchev–Trinajstić information content (AvgIpc) is 2.48. The van der Waals surface area contributed by atoms with E-state index in [9.17, 15) is 12.9 Å². The van der Waals surface area contributed by atoms with E-state index in [2.05, 4.69) is 0 Å². The molecule has 0 saturated carbocycles. The maximum Gasteiger partial charge on any atom is 0.519 e. The van der Waals surface area contributed by atoms with Gasteiger partial charge in [-0.15, -0.1) is 0 Å². The van der Waals surface area contributed by atoms with Crippen molar-refractivity contribution in [3.8, 4) is 0 Å². The van der Waals surface area contributed by atoms with Crippen molar-refractivity contribution >= 4 is 33.2 Å². The molecule has 2 aromatic rings. The van der Waals surface area contributed by atoms with Crippen LogP contribution in [0.5, 0.6) is 0 Å². The molecule has 0 radical (unpaired) electrons. The first-order chi connectivity index (χ1) is 6.48. The number of fused-ring (bicyclic) bond motifs is 1. The van der Waals surface area contributed by atoms with E-state index in [0.29, 0.717) is 5.39 Å². The summed E-state index contributed by atoms with van der Waals surface area (Å²) in [4.78, 5) is 0. The monoisotopic (exact) mass is 215 g/mol. The molecule has 0 atom stereocenters. The van der Waals surface area contributed by atoms with E-state index < -0.39 is 11.8 Å². The van der Waals surface area contributed by atoms with E-state index in [-0.39, 0.29) is 0 Å². The summed E-state index contributed by atoms with van der Waals surface area (Å²) in [6, 6.07) is 6.54. The zero-order valence-corrected chi connectivity index (χ0v) is 8.25. The van der Waals surface area contributed by atoms with Crippen molar-refractivity contribution in [2.24, 2.45) is 0 Å². The van der Waals surface area contributed by atoms with Gasteiger partial charge in [0.1, 0.15) is 0 Å². The van der Waals surface area contributed by atoms with Crippen molar-refractivity contribution < 1.29 is 12.9 Å². The molecule has 5 heteroatoms. The highest BCUT2D eigenvalue weighted by atomic mass is 32.1. The summed E-state index contributed by atoms with van der Waals surface area (Å²) in [6.45, 7) is -3.03. The number of hydrogen-bond acceptors (Lipinski definition) is 1. The second-order valence-electron chi connectivity index (χ2n) is 3.22. The minimum atomic E-state index is -4.85. The molecule has 0 fully saturated rings. The Bertz CT molecular complexity index is 472. The smallest absolute Gasteiger partial charge is 0.444 e. The van der Waals surface area contributed by atoms with Crippen LogP contribution in [0.15, 0.2) is 24.3 Å². The molecular formula is C9H7BF3S-. The highest BCUT2D eigenvalue weighted by Crippen LogP contribution is 2.26. The summed E-state index contributed by atoms with van der Waals surface area (Å²) in [6.07, 6.45) is 0. The Balaban J connectivity index is 2.69. The van der Waals surface area contributed by atoms with Gasteiger partial charge in [0, 0.05) is 4.70 Å². The molecule has 1 aromatic carbocycles. The lowest BCUT2D eigenvalue weighted by molar-refractivity contribution is 0.503. The zero-order chi connectivity index (χ0) is 10.3. The predicted octanol–water partition coefficient (Wildman–Crippen LogP) is 3.26. The number of aryl methyl sites for hydroxylation is 1. The molecule has 0 aliphatic rings. The molecule has 0 nitrogen and oxygen atoms in total. The van der Waals surface area contributed by atoms with Crippen LogP contribution in [0.3, 0.4) is 0 Å². The minimum Gasteiger partial charge on any atom is -0.444 e. The molecule has 1 heterocycles. The second-order valence-corrected chi connectivity index (χ2v) is 4.30. The molecule has 14 heavy (non-hydrogen) atoms. The standard InChI is InChI=1S/C9H7BF3S/c1-6-3-2-4-7-5-8(10(11,12)13)14-9(6)7/h2-5H,1H3/q-1. The summed E-state index contributed by atoms with van der Waals surface area (Å²) >= 11 is 0.834. The van der Waals surface area contributed by atoms with E-state index in [1.165, 1.54) is 6.07 Å². The number of rotatable bonds is 1. The highest BCUT2D eigenvalue weighted by Gasteiger charge is 2.27. The SMILES string of the molecule is Cc1cccc2cc([B-](F)(F)F)sc12. The normalized spacial score (nSPS) is 12.3. The van der Waals surface area contributed by atoms with Crippen LogP contribution >= 0.6 is 11.3 Å². The fourth-order valence-corrected chi connectivity index (χ4v) is 2.42. The molecule has 0 N–H and O–H groups in total. The molecule has 0 bridgehead atoms. The molecule has 74 valence electrons. The first-order valence-corrected chi connectivity index (χ1v) is 4.99. The lowest BCUT2D eigenvalue weighted by Gasteiger charge is -2.09. The predicted molar refractivity (Wildman–Crippen MR) is 55.3 cm³/mol. The summed E-state index contributed by atoms with van der Waals surface area (Å²) in [7, 11) is 0. The van der Waals surface area contributed by atoms with Crippen LogP contribution in [-0.4, -0.2) is 6.98 Å². The largest absolute Gasteiger partial charge is 0.519 e. The lowest BCUT2D eigenvalue weighted by atomic mass is 9.89. The van der Waals surface area contributed by atoms with E-state index >= 15 is 0 Å². The van der Waals surface area contributed by atoms with Crippen LogP contribution < -0.4 is 4.78 Å². The Morgan fingerprint density at radius 3 is 2.50 bits per heavy atom. The summed E-state index contributed by atoms with van der Waals surface area (Å²) in [5, 5.41) is 0.684. The van der Waals surface area contributed by atoms with Crippen molar-refractivity contribution in [3.05, 3.63) is 29.8 Å². The quantitative estimate of drug-likeness (QED) is 0.640. The van der Waals surface area contributed by atoms with Crippen LogP contribution in [0.2, 0.25) is 0 Å². The maximum atomic E-state index is 12.4. The van der Waals surface area contributed by atoms with E-state index in [1.54, 1.807) is 12.1 Å². The van der Waals surface area contributed by atoms with Gasteiger partial charge in [0.25, 0.3) is 0 Å². The third-order valence-corrected chi connectivity index (χ3v) is 3.47. The van der Waals surface area contributed by atoms with Crippen molar-refractivity contribution in [1.29, 1.82) is 0 Å². The Morgan fingerprint density at radius 2 is 1.93 bits per heavy atom. The minimum absolute atomic E-state index is 0.464. The van der Waals surface area contributed by atoms with E-state index in [1.807, 2.05) is 13.0 Å². The third-order valence-electron chi connectivity index (χ3n) is 2.08. The van der Waals surface area contributed by atoms with Gasteiger partial charge in [-0.05, 0) is 17.9 Å². The molecule has 0 aliphatic carbocycles. The first kappa shape index (κ1) is 9.58. The molecule has 0 aliphatic heterocycles. The van der Waals surface area contributed by atoms with Crippen LogP contribution in [0.25, 0.3) is 10.1 Å². The van der Waals surface area contributed by atoms with E-state index in [0.717, 1.165) is 21.6 Å². The number of halogens is 3. The summed E-state index contributed by atoms with van der Waals surface area (Å²) in [5.41, 5.74) is 0.902. The molecule has 0 amide bonds. The van der Waals surface area contributed by atoms with E-state index in [4.69, 9.17) is 0 Å². The first-order valence-electron chi connectivity index (χ1n) is 4.17. The zero-order valence-electron chi connectivity index (χ0n) is 7.43. The fourth-order valence-electron chi connectivity index (χ4n) is 1.39. The van der Waals surface area contributed by atoms with Gasteiger partial charge in [-0.3, -0.25) is 0 Å². The molecular weight excluding hydrogens is 208 g/mol. The summed E-state index contributed by atoms with van der Waals surface area (Å²) in [5.74, 6) is 0. The second kappa shape index (κ2) is 3.02. The van der Waals surface area contributed by atoms with Gasteiger partial charge in [-0.1, -0.05) is 29.0 Å². The number of thiophene rings is 1. The molecule has 0 unspecified atom stereocenters. The van der Waals surface area contributed by atoms with Gasteiger partial charge in [0.05, 0.1) is 0 Å². The van der Waals surface area contributed by atoms with Crippen molar-refractivity contribution in [2.75, 3.05) is 0 Å². The van der Waals surface area contributed by atoms with Gasteiger partial charge in [0.2, 0.25) is 0 Å². The Hall–Kier alpha value is -0.965. The van der Waals surface area contributed by atoms with Gasteiger partial charge in [-0.25, -0.2) is 0 Å².